The Hall–Kier alpha value is -1.14. The summed E-state index contributed by atoms with van der Waals surface area (Å²) >= 11 is 0. The van der Waals surface area contributed by atoms with Gasteiger partial charge in [0.05, 0.1) is 6.61 Å². The smallest absolute Gasteiger partial charge is 0.331 e. The molecule has 2 saturated heterocycles. The van der Waals surface area contributed by atoms with E-state index in [4.69, 9.17) is 9.47 Å². The van der Waals surface area contributed by atoms with E-state index in [0.29, 0.717) is 26.1 Å². The van der Waals surface area contributed by atoms with E-state index < -0.39 is 17.1 Å². The van der Waals surface area contributed by atoms with Crippen LogP contribution in [0.5, 0.6) is 0 Å². The van der Waals surface area contributed by atoms with Crippen LogP contribution in [0, 0.1) is 0 Å². The molecule has 2 fully saturated rings. The molecule has 1 amide bonds. The fraction of sp³-hybridized carbons (Fsp3) is 0.818. The van der Waals surface area contributed by atoms with Crippen LogP contribution in [-0.4, -0.2) is 47.9 Å². The van der Waals surface area contributed by atoms with E-state index in [0.717, 1.165) is 6.42 Å². The highest BCUT2D eigenvalue weighted by Crippen LogP contribution is 2.27. The number of carbonyl (C=O) groups is 2. The van der Waals surface area contributed by atoms with E-state index in [2.05, 4.69) is 5.32 Å². The zero-order valence-electron chi connectivity index (χ0n) is 9.82. The summed E-state index contributed by atoms with van der Waals surface area (Å²) in [6.07, 6.45) is 1.74. The van der Waals surface area contributed by atoms with Gasteiger partial charge in [0.25, 0.3) is 5.91 Å². The monoisotopic (exact) mass is 243 g/mol. The molecule has 6 heteroatoms. The normalized spacial score (nSPS) is 37.0. The van der Waals surface area contributed by atoms with Crippen molar-refractivity contribution >= 4 is 11.9 Å². The van der Waals surface area contributed by atoms with Crippen LogP contribution in [0.25, 0.3) is 0 Å². The first kappa shape index (κ1) is 12.3. The molecule has 0 aliphatic carbocycles. The van der Waals surface area contributed by atoms with Gasteiger partial charge in [0, 0.05) is 19.6 Å². The molecule has 0 bridgehead atoms. The van der Waals surface area contributed by atoms with Crippen molar-refractivity contribution in [2.45, 2.75) is 37.3 Å². The number of aliphatic carboxylic acids is 1. The second-order valence-corrected chi connectivity index (χ2v) is 4.83. The Kier molecular flexibility index (Phi) is 3.09. The van der Waals surface area contributed by atoms with Crippen LogP contribution in [0.3, 0.4) is 0 Å². The highest BCUT2D eigenvalue weighted by atomic mass is 16.5. The Morgan fingerprint density at radius 1 is 1.29 bits per heavy atom. The predicted molar refractivity (Wildman–Crippen MR) is 57.5 cm³/mol. The topological polar surface area (TPSA) is 84.9 Å². The van der Waals surface area contributed by atoms with Gasteiger partial charge < -0.3 is 19.9 Å². The summed E-state index contributed by atoms with van der Waals surface area (Å²) in [5, 5.41) is 11.8. The summed E-state index contributed by atoms with van der Waals surface area (Å²) in [5.74, 6) is -1.41. The number of nitrogens with one attached hydrogen (secondary N) is 1. The van der Waals surface area contributed by atoms with Gasteiger partial charge in [0.2, 0.25) is 0 Å². The van der Waals surface area contributed by atoms with Gasteiger partial charge in [-0.05, 0) is 19.8 Å². The van der Waals surface area contributed by atoms with Crippen LogP contribution >= 0.6 is 0 Å². The van der Waals surface area contributed by atoms with Gasteiger partial charge in [0.15, 0.2) is 5.54 Å². The zero-order chi connectivity index (χ0) is 12.5. The lowest BCUT2D eigenvalue weighted by Crippen LogP contribution is -2.60. The van der Waals surface area contributed by atoms with Gasteiger partial charge >= 0.3 is 5.97 Å². The van der Waals surface area contributed by atoms with E-state index in [1.165, 1.54) is 0 Å². The van der Waals surface area contributed by atoms with Crippen LogP contribution in [-0.2, 0) is 19.1 Å². The van der Waals surface area contributed by atoms with Gasteiger partial charge in [-0.15, -0.1) is 0 Å². The van der Waals surface area contributed by atoms with Crippen molar-refractivity contribution in [2.24, 2.45) is 0 Å². The molecule has 2 unspecified atom stereocenters. The highest BCUT2D eigenvalue weighted by molar-refractivity contribution is 5.91. The average molecular weight is 243 g/mol. The SMILES string of the molecule is CC1(C(=O)NC2(C(=O)O)CCOC2)CCCO1. The molecule has 0 aromatic heterocycles. The lowest BCUT2D eigenvalue weighted by atomic mass is 9.95. The minimum absolute atomic E-state index is 0.0180. The van der Waals surface area contributed by atoms with Crippen molar-refractivity contribution in [1.29, 1.82) is 0 Å². The lowest BCUT2D eigenvalue weighted by molar-refractivity contribution is -0.152. The number of hydrogen-bond donors (Lipinski definition) is 2. The van der Waals surface area contributed by atoms with Crippen LogP contribution in [0.2, 0.25) is 0 Å². The van der Waals surface area contributed by atoms with Crippen molar-refractivity contribution in [3.8, 4) is 0 Å². The molecule has 0 aromatic carbocycles. The molecule has 17 heavy (non-hydrogen) atoms. The van der Waals surface area contributed by atoms with Crippen molar-refractivity contribution < 1.29 is 24.2 Å². The molecule has 0 aromatic rings. The van der Waals surface area contributed by atoms with Crippen LogP contribution in [0.4, 0.5) is 0 Å². The minimum atomic E-state index is -1.29. The minimum Gasteiger partial charge on any atom is -0.479 e. The number of carboxylic acids is 1. The lowest BCUT2D eigenvalue weighted by Gasteiger charge is -2.29. The van der Waals surface area contributed by atoms with Crippen molar-refractivity contribution in [3.05, 3.63) is 0 Å². The molecule has 6 nitrogen and oxygen atoms in total. The third-order valence-corrected chi connectivity index (χ3v) is 3.48. The van der Waals surface area contributed by atoms with Gasteiger partial charge in [-0.3, -0.25) is 4.79 Å². The Bertz CT molecular complexity index is 329. The molecular formula is C11H17NO5. The van der Waals surface area contributed by atoms with Gasteiger partial charge in [-0.25, -0.2) is 4.79 Å². The number of carboxylic acid groups (broad SMARTS) is 1. The van der Waals surface area contributed by atoms with E-state index in [1.807, 2.05) is 0 Å². The van der Waals surface area contributed by atoms with Gasteiger partial charge in [-0.2, -0.15) is 0 Å². The summed E-state index contributed by atoms with van der Waals surface area (Å²) in [6.45, 7) is 2.61. The largest absolute Gasteiger partial charge is 0.479 e. The number of amides is 1. The first-order chi connectivity index (χ1) is 7.99. The summed E-state index contributed by atoms with van der Waals surface area (Å²) in [5.41, 5.74) is -2.18. The van der Waals surface area contributed by atoms with Crippen molar-refractivity contribution in [2.75, 3.05) is 19.8 Å². The molecule has 2 heterocycles. The molecule has 0 saturated carbocycles. The molecule has 2 aliphatic heterocycles. The quantitative estimate of drug-likeness (QED) is 0.724. The second-order valence-electron chi connectivity index (χ2n) is 4.83. The fourth-order valence-electron chi connectivity index (χ4n) is 2.19. The predicted octanol–water partition coefficient (Wildman–Crippen LogP) is -0.0846. The van der Waals surface area contributed by atoms with Crippen LogP contribution < -0.4 is 5.32 Å². The summed E-state index contributed by atoms with van der Waals surface area (Å²) in [4.78, 5) is 23.3. The molecule has 96 valence electrons. The van der Waals surface area contributed by atoms with Crippen LogP contribution in [0.1, 0.15) is 26.2 Å². The standard InChI is InChI=1S/C11H17NO5/c1-10(3-2-5-17-10)8(13)12-11(9(14)15)4-6-16-7-11/h2-7H2,1H3,(H,12,13)(H,14,15). The second kappa shape index (κ2) is 4.27. The Labute approximate surface area is 99.3 Å². The van der Waals surface area contributed by atoms with Gasteiger partial charge in [-0.1, -0.05) is 0 Å². The van der Waals surface area contributed by atoms with Crippen molar-refractivity contribution in [3.63, 3.8) is 0 Å². The van der Waals surface area contributed by atoms with Gasteiger partial charge in [0.1, 0.15) is 5.60 Å². The molecule has 2 rings (SSSR count). The summed E-state index contributed by atoms with van der Waals surface area (Å²) < 4.78 is 10.5. The number of ether oxygens (including phenoxy) is 2. The maximum Gasteiger partial charge on any atom is 0.331 e. The molecule has 0 radical (unpaired) electrons. The van der Waals surface area contributed by atoms with Crippen molar-refractivity contribution in [1.82, 2.24) is 5.32 Å². The Balaban J connectivity index is 2.08. The molecule has 2 aliphatic rings. The molecular weight excluding hydrogens is 226 g/mol. The van der Waals surface area contributed by atoms with E-state index in [9.17, 15) is 14.7 Å². The Morgan fingerprint density at radius 3 is 2.53 bits per heavy atom. The first-order valence-corrected chi connectivity index (χ1v) is 5.76. The zero-order valence-corrected chi connectivity index (χ0v) is 9.82. The van der Waals surface area contributed by atoms with E-state index in [-0.39, 0.29) is 12.5 Å². The maximum atomic E-state index is 12.1. The Morgan fingerprint density at radius 2 is 2.06 bits per heavy atom. The van der Waals surface area contributed by atoms with E-state index in [1.54, 1.807) is 6.92 Å². The first-order valence-electron chi connectivity index (χ1n) is 5.76. The summed E-state index contributed by atoms with van der Waals surface area (Å²) in [7, 11) is 0. The molecule has 2 N–H and O–H groups in total. The third kappa shape index (κ3) is 2.14. The average Bonchev–Trinajstić information content (AvgIpc) is 2.88. The molecule has 2 atom stereocenters. The van der Waals surface area contributed by atoms with Crippen LogP contribution in [0.15, 0.2) is 0 Å². The van der Waals surface area contributed by atoms with E-state index >= 15 is 0 Å². The number of hydrogen-bond acceptors (Lipinski definition) is 4. The highest BCUT2D eigenvalue weighted by Gasteiger charge is 2.48. The summed E-state index contributed by atoms with van der Waals surface area (Å²) in [6, 6.07) is 0. The maximum absolute atomic E-state index is 12.1. The fourth-order valence-corrected chi connectivity index (χ4v) is 2.19. The third-order valence-electron chi connectivity index (χ3n) is 3.48. The molecule has 0 spiro atoms. The number of carbonyl (C=O) groups excluding carboxylic acids is 1. The number of rotatable bonds is 3.